The van der Waals surface area contributed by atoms with Gasteiger partial charge in [0.1, 0.15) is 5.03 Å². The Kier molecular flexibility index (Phi) is 6.35. The van der Waals surface area contributed by atoms with E-state index in [1.165, 1.54) is 12.7 Å². The fourth-order valence-electron chi connectivity index (χ4n) is 4.05. The van der Waals surface area contributed by atoms with Crippen LogP contribution in [0.1, 0.15) is 52.9 Å². The average molecular weight is 415 g/mol. The Hall–Kier alpha value is -2.12. The minimum atomic E-state index is -0.338. The molecule has 1 fully saturated rings. The van der Waals surface area contributed by atoms with Gasteiger partial charge in [-0.2, -0.15) is 4.98 Å². The molecule has 0 spiro atoms. The maximum atomic E-state index is 12.8. The van der Waals surface area contributed by atoms with Crippen LogP contribution in [0.5, 0.6) is 0 Å². The van der Waals surface area contributed by atoms with Crippen molar-refractivity contribution in [1.82, 2.24) is 9.55 Å². The van der Waals surface area contributed by atoms with Gasteiger partial charge in [-0.05, 0) is 56.2 Å². The van der Waals surface area contributed by atoms with Crippen LogP contribution in [-0.4, -0.2) is 35.3 Å². The number of hydrogen-bond donors (Lipinski definition) is 0. The Morgan fingerprint density at radius 2 is 2.03 bits per heavy atom. The van der Waals surface area contributed by atoms with Crippen molar-refractivity contribution in [3.8, 4) is 0 Å². The standard InChI is InChI=1S/C22H26N2O4S/c1-27-21(25)16-10-8-15(9-11-16)14-29-20-18-6-2-3-7-19(18)24(22(26)23-20)13-17-5-4-12-28-17/h8-11,17H,2-7,12-14H2,1H3. The zero-order chi connectivity index (χ0) is 20.2. The topological polar surface area (TPSA) is 70.4 Å². The molecule has 1 aliphatic heterocycles. The molecule has 1 aliphatic carbocycles. The molecule has 1 saturated heterocycles. The number of benzene rings is 1. The lowest BCUT2D eigenvalue weighted by atomic mass is 9.97. The van der Waals surface area contributed by atoms with E-state index >= 15 is 0 Å². The number of thioether (sulfide) groups is 1. The number of nitrogens with zero attached hydrogens (tertiary/aromatic N) is 2. The Balaban J connectivity index is 1.53. The number of esters is 1. The summed E-state index contributed by atoms with van der Waals surface area (Å²) in [6.45, 7) is 1.41. The second-order valence-electron chi connectivity index (χ2n) is 7.55. The molecule has 0 bridgehead atoms. The smallest absolute Gasteiger partial charge is 0.348 e. The lowest BCUT2D eigenvalue weighted by molar-refractivity contribution is 0.0600. The zero-order valence-corrected chi connectivity index (χ0v) is 17.5. The third-order valence-corrected chi connectivity index (χ3v) is 6.70. The summed E-state index contributed by atoms with van der Waals surface area (Å²) in [4.78, 5) is 28.8. The summed E-state index contributed by atoms with van der Waals surface area (Å²) >= 11 is 1.60. The second-order valence-corrected chi connectivity index (χ2v) is 8.52. The number of ether oxygens (including phenoxy) is 2. The van der Waals surface area contributed by atoms with E-state index in [4.69, 9.17) is 9.47 Å². The van der Waals surface area contributed by atoms with Crippen LogP contribution in [0.3, 0.4) is 0 Å². The quantitative estimate of drug-likeness (QED) is 0.410. The fraction of sp³-hybridized carbons (Fsp3) is 0.500. The van der Waals surface area contributed by atoms with E-state index in [9.17, 15) is 9.59 Å². The minimum Gasteiger partial charge on any atom is -0.465 e. The van der Waals surface area contributed by atoms with Gasteiger partial charge in [-0.1, -0.05) is 12.1 Å². The summed E-state index contributed by atoms with van der Waals surface area (Å²) < 4.78 is 12.3. The number of carbonyl (C=O) groups excluding carboxylic acids is 1. The van der Waals surface area contributed by atoms with E-state index in [0.717, 1.165) is 61.4 Å². The van der Waals surface area contributed by atoms with Crippen LogP contribution in [0.4, 0.5) is 0 Å². The molecule has 0 N–H and O–H groups in total. The Bertz CT molecular complexity index is 933. The number of aromatic nitrogens is 2. The van der Waals surface area contributed by atoms with Crippen LogP contribution in [0.25, 0.3) is 0 Å². The molecule has 2 aliphatic rings. The SMILES string of the molecule is COC(=O)c1ccc(CSc2nc(=O)n(CC3CCCO3)c3c2CCCC3)cc1. The summed E-state index contributed by atoms with van der Waals surface area (Å²) in [5, 5.41) is 0.852. The number of rotatable bonds is 6. The van der Waals surface area contributed by atoms with Crippen molar-refractivity contribution in [2.24, 2.45) is 0 Å². The van der Waals surface area contributed by atoms with Crippen LogP contribution >= 0.6 is 11.8 Å². The normalized spacial score (nSPS) is 18.4. The molecule has 0 saturated carbocycles. The highest BCUT2D eigenvalue weighted by molar-refractivity contribution is 7.98. The van der Waals surface area contributed by atoms with Crippen molar-refractivity contribution in [3.05, 3.63) is 57.1 Å². The van der Waals surface area contributed by atoms with Crippen molar-refractivity contribution in [1.29, 1.82) is 0 Å². The molecule has 1 aromatic carbocycles. The van der Waals surface area contributed by atoms with Gasteiger partial charge >= 0.3 is 11.7 Å². The zero-order valence-electron chi connectivity index (χ0n) is 16.7. The third-order valence-electron chi connectivity index (χ3n) is 5.61. The first-order chi connectivity index (χ1) is 14.2. The molecule has 1 atom stereocenters. The van der Waals surface area contributed by atoms with E-state index in [1.54, 1.807) is 23.9 Å². The predicted octanol–water partition coefficient (Wildman–Crippen LogP) is 3.38. The molecule has 1 unspecified atom stereocenters. The Labute approximate surface area is 174 Å². The number of carbonyl (C=O) groups is 1. The van der Waals surface area contributed by atoms with Gasteiger partial charge in [-0.25, -0.2) is 9.59 Å². The van der Waals surface area contributed by atoms with E-state index in [2.05, 4.69) is 4.98 Å². The highest BCUT2D eigenvalue weighted by Gasteiger charge is 2.24. The fourth-order valence-corrected chi connectivity index (χ4v) is 5.09. The van der Waals surface area contributed by atoms with E-state index in [1.807, 2.05) is 16.7 Å². The van der Waals surface area contributed by atoms with E-state index in [-0.39, 0.29) is 17.8 Å². The molecule has 7 heteroatoms. The molecular formula is C22H26N2O4S. The highest BCUT2D eigenvalue weighted by atomic mass is 32.2. The van der Waals surface area contributed by atoms with Gasteiger partial charge in [0.2, 0.25) is 0 Å². The van der Waals surface area contributed by atoms with E-state index in [0.29, 0.717) is 17.9 Å². The molecule has 4 rings (SSSR count). The second kappa shape index (κ2) is 9.13. The van der Waals surface area contributed by atoms with Gasteiger partial charge in [-0.15, -0.1) is 11.8 Å². The maximum Gasteiger partial charge on any atom is 0.348 e. The van der Waals surface area contributed by atoms with Crippen LogP contribution in [0.15, 0.2) is 34.1 Å². The minimum absolute atomic E-state index is 0.132. The van der Waals surface area contributed by atoms with Gasteiger partial charge in [0.05, 0.1) is 25.3 Å². The van der Waals surface area contributed by atoms with Gasteiger partial charge in [0.25, 0.3) is 0 Å². The summed E-state index contributed by atoms with van der Waals surface area (Å²) in [6.07, 6.45) is 6.36. The predicted molar refractivity (Wildman–Crippen MR) is 111 cm³/mol. The van der Waals surface area contributed by atoms with Crippen LogP contribution in [0, 0.1) is 0 Å². The third kappa shape index (κ3) is 4.56. The number of methoxy groups -OCH3 is 1. The van der Waals surface area contributed by atoms with Crippen LogP contribution in [0.2, 0.25) is 0 Å². The molecule has 6 nitrogen and oxygen atoms in total. The molecular weight excluding hydrogens is 388 g/mol. The first-order valence-electron chi connectivity index (χ1n) is 10.2. The monoisotopic (exact) mass is 414 g/mol. The maximum absolute atomic E-state index is 12.8. The highest BCUT2D eigenvalue weighted by Crippen LogP contribution is 2.31. The summed E-state index contributed by atoms with van der Waals surface area (Å²) in [5.74, 6) is 0.366. The molecule has 0 amide bonds. The van der Waals surface area contributed by atoms with Crippen LogP contribution < -0.4 is 5.69 Å². The lowest BCUT2D eigenvalue weighted by Gasteiger charge is -2.24. The van der Waals surface area contributed by atoms with Gasteiger partial charge in [0, 0.05) is 23.6 Å². The first kappa shape index (κ1) is 20.2. The largest absolute Gasteiger partial charge is 0.465 e. The lowest BCUT2D eigenvalue weighted by Crippen LogP contribution is -2.33. The van der Waals surface area contributed by atoms with Crippen molar-refractivity contribution < 1.29 is 14.3 Å². The van der Waals surface area contributed by atoms with Gasteiger partial charge in [0.15, 0.2) is 0 Å². The van der Waals surface area contributed by atoms with Crippen molar-refractivity contribution in [2.45, 2.75) is 62.0 Å². The van der Waals surface area contributed by atoms with Crippen molar-refractivity contribution in [2.75, 3.05) is 13.7 Å². The molecule has 0 radical (unpaired) electrons. The van der Waals surface area contributed by atoms with Crippen molar-refractivity contribution >= 4 is 17.7 Å². The molecule has 1 aromatic heterocycles. The molecule has 2 aromatic rings. The molecule has 29 heavy (non-hydrogen) atoms. The van der Waals surface area contributed by atoms with Crippen LogP contribution in [-0.2, 0) is 34.6 Å². The Morgan fingerprint density at radius 3 is 2.76 bits per heavy atom. The number of hydrogen-bond acceptors (Lipinski definition) is 6. The summed E-state index contributed by atoms with van der Waals surface area (Å²) in [7, 11) is 1.38. The van der Waals surface area contributed by atoms with Crippen molar-refractivity contribution in [3.63, 3.8) is 0 Å². The average Bonchev–Trinajstić information content (AvgIpc) is 3.27. The van der Waals surface area contributed by atoms with Gasteiger partial charge < -0.3 is 9.47 Å². The Morgan fingerprint density at radius 1 is 1.24 bits per heavy atom. The molecule has 2 heterocycles. The summed E-state index contributed by atoms with van der Waals surface area (Å²) in [6, 6.07) is 7.38. The van der Waals surface area contributed by atoms with E-state index < -0.39 is 0 Å². The summed E-state index contributed by atoms with van der Waals surface area (Å²) in [5.41, 5.74) is 3.83. The molecule has 154 valence electrons. The van der Waals surface area contributed by atoms with Gasteiger partial charge in [-0.3, -0.25) is 4.57 Å². The number of fused-ring (bicyclic) bond motifs is 1. The first-order valence-corrected chi connectivity index (χ1v) is 11.2.